The van der Waals surface area contributed by atoms with E-state index in [1.54, 1.807) is 48.2 Å². The quantitative estimate of drug-likeness (QED) is 0.257. The number of urea groups is 1. The summed E-state index contributed by atoms with van der Waals surface area (Å²) in [7, 11) is 2.15. The molecule has 0 aliphatic carbocycles. The molecular formula is C32H36ClN4O6+. The number of esters is 1. The molecule has 0 saturated carbocycles. The number of primary amides is 1. The van der Waals surface area contributed by atoms with E-state index < -0.39 is 23.9 Å². The average molecular weight is 608 g/mol. The molecular weight excluding hydrogens is 572 g/mol. The summed E-state index contributed by atoms with van der Waals surface area (Å²) in [6, 6.07) is 17.9. The molecule has 3 aromatic carbocycles. The van der Waals surface area contributed by atoms with Gasteiger partial charge in [-0.1, -0.05) is 23.7 Å². The Hall–Kier alpha value is -4.28. The minimum atomic E-state index is -0.901. The van der Waals surface area contributed by atoms with Crippen LogP contribution in [0.4, 0.5) is 10.5 Å². The summed E-state index contributed by atoms with van der Waals surface area (Å²) in [6.45, 7) is 4.35. The van der Waals surface area contributed by atoms with Crippen molar-refractivity contribution in [2.45, 2.75) is 38.4 Å². The summed E-state index contributed by atoms with van der Waals surface area (Å²) in [6.07, 6.45) is 0.921. The van der Waals surface area contributed by atoms with Crippen molar-refractivity contribution in [3.63, 3.8) is 0 Å². The molecule has 0 bridgehead atoms. The summed E-state index contributed by atoms with van der Waals surface area (Å²) in [4.78, 5) is 40.6. The van der Waals surface area contributed by atoms with Crippen molar-refractivity contribution in [2.75, 3.05) is 38.9 Å². The van der Waals surface area contributed by atoms with Gasteiger partial charge in [0, 0.05) is 29.1 Å². The first-order valence-electron chi connectivity index (χ1n) is 14.3. The van der Waals surface area contributed by atoms with Gasteiger partial charge in [-0.2, -0.15) is 0 Å². The van der Waals surface area contributed by atoms with Crippen LogP contribution in [0, 0.1) is 0 Å². The molecule has 43 heavy (non-hydrogen) atoms. The lowest BCUT2D eigenvalue weighted by molar-refractivity contribution is -0.911. The summed E-state index contributed by atoms with van der Waals surface area (Å²) in [5.74, 6) is 0.422. The summed E-state index contributed by atoms with van der Waals surface area (Å²) < 4.78 is 16.7. The minimum Gasteiger partial charge on any atom is -0.462 e. The number of quaternary nitrogens is 1. The number of carbonyl (C=O) groups is 3. The van der Waals surface area contributed by atoms with Crippen molar-refractivity contribution in [3.05, 3.63) is 88.4 Å². The molecule has 2 aliphatic heterocycles. The Morgan fingerprint density at radius 3 is 2.44 bits per heavy atom. The zero-order chi connectivity index (χ0) is 30.6. The number of hydrogen-bond donors (Lipinski definition) is 2. The van der Waals surface area contributed by atoms with Crippen LogP contribution in [0.15, 0.2) is 66.7 Å². The van der Waals surface area contributed by atoms with E-state index in [-0.39, 0.29) is 25.9 Å². The van der Waals surface area contributed by atoms with Gasteiger partial charge in [-0.15, -0.1) is 0 Å². The second-order valence-corrected chi connectivity index (χ2v) is 11.6. The number of fused-ring (bicyclic) bond motifs is 1. The van der Waals surface area contributed by atoms with Gasteiger partial charge >= 0.3 is 12.0 Å². The second kappa shape index (κ2) is 12.9. The topological polar surface area (TPSA) is 120 Å². The van der Waals surface area contributed by atoms with Crippen LogP contribution in [0.5, 0.6) is 11.5 Å². The molecule has 3 aromatic rings. The molecule has 226 valence electrons. The maximum atomic E-state index is 14.0. The number of anilines is 1. The number of hydrogen-bond acceptors (Lipinski definition) is 6. The maximum absolute atomic E-state index is 14.0. The normalized spacial score (nSPS) is 19.5. The fourth-order valence-electron chi connectivity index (χ4n) is 5.84. The molecule has 0 spiro atoms. The molecule has 3 N–H and O–H groups in total. The van der Waals surface area contributed by atoms with E-state index in [4.69, 9.17) is 31.5 Å². The van der Waals surface area contributed by atoms with Crippen LogP contribution in [-0.4, -0.2) is 72.9 Å². The monoisotopic (exact) mass is 607 g/mol. The Balaban J connectivity index is 1.38. The summed E-state index contributed by atoms with van der Waals surface area (Å²) in [5, 5.41) is 3.50. The van der Waals surface area contributed by atoms with Gasteiger partial charge < -0.3 is 34.6 Å². The fourth-order valence-corrected chi connectivity index (χ4v) is 5.96. The summed E-state index contributed by atoms with van der Waals surface area (Å²) >= 11 is 6.08. The number of rotatable bonds is 10. The predicted octanol–water partition coefficient (Wildman–Crippen LogP) is 4.60. The Morgan fingerprint density at radius 2 is 1.74 bits per heavy atom. The summed E-state index contributed by atoms with van der Waals surface area (Å²) in [5.41, 5.74) is 8.76. The number of ether oxygens (including phenoxy) is 3. The highest BCUT2D eigenvalue weighted by Crippen LogP contribution is 2.34. The number of benzene rings is 3. The average Bonchev–Trinajstić information content (AvgIpc) is 3.60. The van der Waals surface area contributed by atoms with Crippen molar-refractivity contribution in [2.24, 2.45) is 5.73 Å². The number of halogens is 1. The molecule has 1 unspecified atom stereocenters. The first-order chi connectivity index (χ1) is 20.6. The number of likely N-dealkylation sites (tertiary alicyclic amines) is 1. The second-order valence-electron chi connectivity index (χ2n) is 11.2. The molecule has 2 heterocycles. The van der Waals surface area contributed by atoms with Gasteiger partial charge in [-0.05, 0) is 67.1 Å². The number of likely N-dealkylation sites (N-methyl/N-ethyl adjacent to an activating group) is 1. The number of nitrogens with one attached hydrogen (secondary N) is 1. The number of nitrogens with zero attached hydrogens (tertiary/aromatic N) is 2. The van der Waals surface area contributed by atoms with E-state index in [0.29, 0.717) is 33.7 Å². The van der Waals surface area contributed by atoms with Crippen molar-refractivity contribution >= 4 is 35.2 Å². The first kappa shape index (κ1) is 30.2. The van der Waals surface area contributed by atoms with E-state index in [2.05, 4.69) is 12.4 Å². The largest absolute Gasteiger partial charge is 0.462 e. The smallest absolute Gasteiger partial charge is 0.338 e. The Kier molecular flexibility index (Phi) is 9.08. The molecule has 11 heteroatoms. The van der Waals surface area contributed by atoms with Gasteiger partial charge in [-0.3, -0.25) is 4.79 Å². The van der Waals surface area contributed by atoms with Crippen molar-refractivity contribution in [1.82, 2.24) is 4.90 Å². The van der Waals surface area contributed by atoms with E-state index in [0.717, 1.165) is 35.7 Å². The molecule has 5 rings (SSSR count). The third-order valence-electron chi connectivity index (χ3n) is 7.94. The van der Waals surface area contributed by atoms with Crippen LogP contribution < -0.4 is 20.5 Å². The van der Waals surface area contributed by atoms with Gasteiger partial charge in [0.15, 0.2) is 11.5 Å². The minimum absolute atomic E-state index is 0.213. The maximum Gasteiger partial charge on any atom is 0.338 e. The van der Waals surface area contributed by atoms with E-state index in [9.17, 15) is 14.4 Å². The third kappa shape index (κ3) is 7.21. The Labute approximate surface area is 255 Å². The SMILES string of the molecule is CCOC(=O)c1ccc(NC(=O)N([C@@H]2CC[N+](C)(Cc3ccc4c(c3)OCO4)C2)[C@@H](Cc2ccc(Cl)cc2)C(N)=O)cc1. The standard InChI is InChI=1S/C32H35ClN4O6/c1-3-41-31(39)23-7-11-25(12-8-23)35-32(40)36(27(30(34)38)16-21-4-9-24(33)10-5-21)26-14-15-37(2,19-26)18-22-6-13-28-29(17-22)43-20-42-28/h4-13,17,26-27H,3,14-16,18-20H2,1-2H3,(H2-,34,35,38,39,40)/p+1/t26-,27+,37?/m1/s1. The zero-order valence-corrected chi connectivity index (χ0v) is 25.0. The molecule has 1 fully saturated rings. The van der Waals surface area contributed by atoms with Crippen molar-refractivity contribution in [3.8, 4) is 11.5 Å². The van der Waals surface area contributed by atoms with E-state index >= 15 is 0 Å². The van der Waals surface area contributed by atoms with Crippen LogP contribution in [-0.2, 0) is 22.5 Å². The zero-order valence-electron chi connectivity index (χ0n) is 24.3. The van der Waals surface area contributed by atoms with E-state index in [1.165, 1.54) is 0 Å². The first-order valence-corrected chi connectivity index (χ1v) is 14.6. The van der Waals surface area contributed by atoms with Crippen LogP contribution in [0.2, 0.25) is 5.02 Å². The lowest BCUT2D eigenvalue weighted by atomic mass is 10.0. The predicted molar refractivity (Wildman–Crippen MR) is 162 cm³/mol. The Morgan fingerprint density at radius 1 is 1.05 bits per heavy atom. The van der Waals surface area contributed by atoms with Gasteiger partial charge in [0.05, 0.1) is 38.3 Å². The number of carbonyl (C=O) groups excluding carboxylic acids is 3. The van der Waals surface area contributed by atoms with Gasteiger partial charge in [0.1, 0.15) is 12.6 Å². The fraction of sp³-hybridized carbons (Fsp3) is 0.344. The molecule has 1 saturated heterocycles. The lowest BCUT2D eigenvalue weighted by Crippen LogP contribution is -2.56. The number of amides is 3. The lowest BCUT2D eigenvalue weighted by Gasteiger charge is -2.36. The molecule has 3 atom stereocenters. The molecule has 0 aromatic heterocycles. The van der Waals surface area contributed by atoms with Crippen molar-refractivity contribution < 1.29 is 33.1 Å². The van der Waals surface area contributed by atoms with Crippen molar-refractivity contribution in [1.29, 1.82) is 0 Å². The third-order valence-corrected chi connectivity index (χ3v) is 8.19. The van der Waals surface area contributed by atoms with Crippen LogP contribution >= 0.6 is 11.6 Å². The van der Waals surface area contributed by atoms with Gasteiger partial charge in [0.2, 0.25) is 12.7 Å². The molecule has 2 aliphatic rings. The highest BCUT2D eigenvalue weighted by Gasteiger charge is 2.44. The Bertz CT molecular complexity index is 1480. The molecule has 10 nitrogen and oxygen atoms in total. The van der Waals surface area contributed by atoms with Crippen LogP contribution in [0.25, 0.3) is 0 Å². The van der Waals surface area contributed by atoms with E-state index in [1.807, 2.05) is 30.3 Å². The highest BCUT2D eigenvalue weighted by atomic mass is 35.5. The van der Waals surface area contributed by atoms with Crippen LogP contribution in [0.3, 0.4) is 0 Å². The van der Waals surface area contributed by atoms with Gasteiger partial charge in [0.25, 0.3) is 0 Å². The highest BCUT2D eigenvalue weighted by molar-refractivity contribution is 6.30. The van der Waals surface area contributed by atoms with Crippen LogP contribution in [0.1, 0.15) is 34.8 Å². The number of nitrogens with two attached hydrogens (primary N) is 1. The van der Waals surface area contributed by atoms with Gasteiger partial charge in [-0.25, -0.2) is 9.59 Å². The molecule has 0 radical (unpaired) electrons. The molecule has 3 amide bonds.